The van der Waals surface area contributed by atoms with E-state index in [1.54, 1.807) is 20.3 Å². The molecule has 3 heteroatoms. The average molecular weight is 121 g/mol. The second-order valence-electron chi connectivity index (χ2n) is 2.17. The van der Waals surface area contributed by atoms with Crippen LogP contribution in [-0.4, -0.2) is 19.1 Å². The summed E-state index contributed by atoms with van der Waals surface area (Å²) in [7, 11) is -1.96. The fraction of sp³-hybridized carbons (Fsp3) is 1.00. The normalized spacial score (nSPS) is 16.6. The number of hydrogen-bond donors (Lipinski definition) is 1. The first-order valence-corrected chi connectivity index (χ1v) is 4.92. The zero-order valence-corrected chi connectivity index (χ0v) is 5.90. The first-order valence-electron chi connectivity index (χ1n) is 2.25. The van der Waals surface area contributed by atoms with E-state index in [-0.39, 0.29) is 5.78 Å². The summed E-state index contributed by atoms with van der Waals surface area (Å²) in [5.41, 5.74) is 5.31. The molecule has 0 unspecified atom stereocenters. The van der Waals surface area contributed by atoms with Crippen LogP contribution in [0.3, 0.4) is 0 Å². The van der Waals surface area contributed by atoms with Gasteiger partial charge in [-0.3, -0.25) is 0 Å². The maximum absolute atomic E-state index is 10.8. The van der Waals surface area contributed by atoms with Crippen LogP contribution in [0.5, 0.6) is 0 Å². The van der Waals surface area contributed by atoms with Crippen LogP contribution in [0.25, 0.3) is 0 Å². The molecule has 0 aliphatic heterocycles. The lowest BCUT2D eigenvalue weighted by Gasteiger charge is -2.08. The SMILES string of the molecule is C[C@@H](N)P(C)(C)=O. The maximum atomic E-state index is 10.8. The molecule has 1 atom stereocenters. The smallest absolute Gasteiger partial charge is 0.0974 e. The van der Waals surface area contributed by atoms with Crippen molar-refractivity contribution in [3.63, 3.8) is 0 Å². The zero-order valence-electron chi connectivity index (χ0n) is 5.01. The molecule has 0 saturated carbocycles. The van der Waals surface area contributed by atoms with Gasteiger partial charge in [0.25, 0.3) is 0 Å². The van der Waals surface area contributed by atoms with Crippen LogP contribution < -0.4 is 5.73 Å². The first-order chi connectivity index (χ1) is 2.94. The van der Waals surface area contributed by atoms with E-state index in [0.717, 1.165) is 0 Å². The predicted molar refractivity (Wildman–Crippen MR) is 33.1 cm³/mol. The molecular weight excluding hydrogens is 109 g/mol. The highest BCUT2D eigenvalue weighted by Gasteiger charge is 2.11. The summed E-state index contributed by atoms with van der Waals surface area (Å²) in [5, 5.41) is 0. The lowest BCUT2D eigenvalue weighted by Crippen LogP contribution is -2.13. The lowest BCUT2D eigenvalue weighted by atomic mass is 10.8. The third kappa shape index (κ3) is 2.84. The fourth-order valence-electron chi connectivity index (χ4n) is 0. The van der Waals surface area contributed by atoms with Gasteiger partial charge in [-0.05, 0) is 20.3 Å². The Morgan fingerprint density at radius 3 is 1.71 bits per heavy atom. The summed E-state index contributed by atoms with van der Waals surface area (Å²) in [4.78, 5) is 0. The fourth-order valence-corrected chi connectivity index (χ4v) is 0. The van der Waals surface area contributed by atoms with E-state index < -0.39 is 7.14 Å². The standard InChI is InChI=1S/C4H12NOP/c1-4(5)7(2,3)6/h4H,5H2,1-3H3/t4-/m0/s1. The van der Waals surface area contributed by atoms with Crippen LogP contribution >= 0.6 is 7.14 Å². The molecule has 7 heavy (non-hydrogen) atoms. The van der Waals surface area contributed by atoms with E-state index in [0.29, 0.717) is 0 Å². The summed E-state index contributed by atoms with van der Waals surface area (Å²) in [6.07, 6.45) is 0. The molecule has 0 aromatic heterocycles. The van der Waals surface area contributed by atoms with E-state index in [1.807, 2.05) is 0 Å². The molecule has 0 heterocycles. The van der Waals surface area contributed by atoms with Gasteiger partial charge >= 0.3 is 0 Å². The van der Waals surface area contributed by atoms with Crippen molar-refractivity contribution in [3.8, 4) is 0 Å². The van der Waals surface area contributed by atoms with Crippen molar-refractivity contribution in [3.05, 3.63) is 0 Å². The van der Waals surface area contributed by atoms with E-state index in [9.17, 15) is 4.57 Å². The molecule has 0 spiro atoms. The van der Waals surface area contributed by atoms with Crippen molar-refractivity contribution < 1.29 is 4.57 Å². The van der Waals surface area contributed by atoms with Crippen LogP contribution in [0, 0.1) is 0 Å². The van der Waals surface area contributed by atoms with Crippen LogP contribution in [0.15, 0.2) is 0 Å². The molecule has 2 nitrogen and oxygen atoms in total. The molecule has 0 fully saturated rings. The van der Waals surface area contributed by atoms with Gasteiger partial charge in [-0.15, -0.1) is 0 Å². The highest BCUT2D eigenvalue weighted by molar-refractivity contribution is 7.62. The summed E-state index contributed by atoms with van der Waals surface area (Å²) in [5.74, 6) is -0.146. The molecule has 0 radical (unpaired) electrons. The third-order valence-corrected chi connectivity index (χ3v) is 2.94. The monoisotopic (exact) mass is 121 g/mol. The molecule has 2 N–H and O–H groups in total. The van der Waals surface area contributed by atoms with Gasteiger partial charge in [-0.25, -0.2) is 0 Å². The van der Waals surface area contributed by atoms with Crippen molar-refractivity contribution in [2.24, 2.45) is 5.73 Å². The highest BCUT2D eigenvalue weighted by atomic mass is 31.2. The van der Waals surface area contributed by atoms with Crippen molar-refractivity contribution in [2.75, 3.05) is 13.3 Å². The van der Waals surface area contributed by atoms with E-state index >= 15 is 0 Å². The molecular formula is C4H12NOP. The lowest BCUT2D eigenvalue weighted by molar-refractivity contribution is 0.575. The largest absolute Gasteiger partial charge is 0.323 e. The predicted octanol–water partition coefficient (Wildman–Crippen LogP) is 0.914. The second kappa shape index (κ2) is 1.97. The van der Waals surface area contributed by atoms with Crippen LogP contribution in [0.4, 0.5) is 0 Å². The summed E-state index contributed by atoms with van der Waals surface area (Å²) < 4.78 is 10.8. The van der Waals surface area contributed by atoms with Gasteiger partial charge in [0.05, 0.1) is 12.9 Å². The molecule has 44 valence electrons. The van der Waals surface area contributed by atoms with Crippen molar-refractivity contribution in [2.45, 2.75) is 12.7 Å². The van der Waals surface area contributed by atoms with E-state index in [4.69, 9.17) is 5.73 Å². The van der Waals surface area contributed by atoms with Crippen molar-refractivity contribution >= 4 is 7.14 Å². The topological polar surface area (TPSA) is 43.1 Å². The molecule has 0 amide bonds. The Morgan fingerprint density at radius 1 is 1.57 bits per heavy atom. The Balaban J connectivity index is 3.80. The van der Waals surface area contributed by atoms with Crippen LogP contribution in [0.1, 0.15) is 6.92 Å². The Hall–Kier alpha value is 0.190. The minimum atomic E-state index is -1.96. The van der Waals surface area contributed by atoms with Crippen molar-refractivity contribution in [1.82, 2.24) is 0 Å². The Kier molecular flexibility index (Phi) is 2.03. The van der Waals surface area contributed by atoms with Gasteiger partial charge in [-0.2, -0.15) is 0 Å². The summed E-state index contributed by atoms with van der Waals surface area (Å²) in [6.45, 7) is 5.15. The molecule has 0 saturated heterocycles. The second-order valence-corrected chi connectivity index (χ2v) is 5.86. The molecule has 0 aromatic rings. The van der Waals surface area contributed by atoms with Gasteiger partial charge in [-0.1, -0.05) is 0 Å². The van der Waals surface area contributed by atoms with Gasteiger partial charge in [0.1, 0.15) is 0 Å². The molecule has 0 aliphatic carbocycles. The molecule has 0 rings (SSSR count). The number of nitrogens with two attached hydrogens (primary N) is 1. The summed E-state index contributed by atoms with van der Waals surface area (Å²) in [6, 6.07) is 0. The third-order valence-electron chi connectivity index (χ3n) is 0.981. The van der Waals surface area contributed by atoms with Crippen molar-refractivity contribution in [1.29, 1.82) is 0 Å². The van der Waals surface area contributed by atoms with Crippen LogP contribution in [0.2, 0.25) is 0 Å². The average Bonchev–Trinajstić information content (AvgIpc) is 1.31. The minimum absolute atomic E-state index is 0.146. The Bertz CT molecular complexity index is 93.9. The number of hydrogen-bond acceptors (Lipinski definition) is 2. The molecule has 0 aromatic carbocycles. The highest BCUT2D eigenvalue weighted by Crippen LogP contribution is 2.38. The van der Waals surface area contributed by atoms with E-state index in [2.05, 4.69) is 0 Å². The summed E-state index contributed by atoms with van der Waals surface area (Å²) >= 11 is 0. The van der Waals surface area contributed by atoms with E-state index in [1.165, 1.54) is 0 Å². The minimum Gasteiger partial charge on any atom is -0.323 e. The molecule has 0 bridgehead atoms. The first kappa shape index (κ1) is 7.19. The van der Waals surface area contributed by atoms with Gasteiger partial charge in [0.15, 0.2) is 0 Å². The Morgan fingerprint density at radius 2 is 1.71 bits per heavy atom. The van der Waals surface area contributed by atoms with Gasteiger partial charge in [0.2, 0.25) is 0 Å². The Labute approximate surface area is 44.5 Å². The maximum Gasteiger partial charge on any atom is 0.0974 e. The van der Waals surface area contributed by atoms with Gasteiger partial charge in [0, 0.05) is 0 Å². The van der Waals surface area contributed by atoms with Crippen LogP contribution in [-0.2, 0) is 4.57 Å². The molecule has 0 aliphatic rings. The number of rotatable bonds is 1. The van der Waals surface area contributed by atoms with Gasteiger partial charge < -0.3 is 10.3 Å². The quantitative estimate of drug-likeness (QED) is 0.524. The zero-order chi connectivity index (χ0) is 6.08.